The van der Waals surface area contributed by atoms with Crippen LogP contribution in [-0.2, 0) is 11.3 Å². The number of likely N-dealkylation sites (tertiary alicyclic amines) is 1. The van der Waals surface area contributed by atoms with E-state index in [1.807, 2.05) is 35.9 Å². The average Bonchev–Trinajstić information content (AvgIpc) is 2.75. The van der Waals surface area contributed by atoms with Crippen molar-refractivity contribution in [1.29, 1.82) is 0 Å². The number of nitrogens with zero attached hydrogens (tertiary/aromatic N) is 3. The number of dihydropyridines is 1. The molecular formula is C23H27F2N5O2. The van der Waals surface area contributed by atoms with Gasteiger partial charge in [-0.3, -0.25) is 5.32 Å². The Labute approximate surface area is 185 Å². The number of hydrogen-bond acceptors (Lipinski definition) is 6. The van der Waals surface area contributed by atoms with E-state index in [4.69, 9.17) is 4.99 Å². The zero-order valence-electron chi connectivity index (χ0n) is 18.2. The first-order chi connectivity index (χ1) is 15.2. The molecule has 4 rings (SSSR count). The molecule has 3 aliphatic rings. The van der Waals surface area contributed by atoms with Gasteiger partial charge in [0.2, 0.25) is 5.96 Å². The van der Waals surface area contributed by atoms with E-state index < -0.39 is 18.1 Å². The third kappa shape index (κ3) is 4.25. The Balaban J connectivity index is 1.63. The molecule has 0 amide bonds. The van der Waals surface area contributed by atoms with E-state index in [0.29, 0.717) is 12.5 Å². The summed E-state index contributed by atoms with van der Waals surface area (Å²) in [5, 5.41) is 15.7. The first-order valence-electron chi connectivity index (χ1n) is 10.5. The summed E-state index contributed by atoms with van der Waals surface area (Å²) >= 11 is 0. The molecule has 3 aliphatic heterocycles. The van der Waals surface area contributed by atoms with Crippen LogP contribution >= 0.6 is 0 Å². The summed E-state index contributed by atoms with van der Waals surface area (Å²) in [6.07, 6.45) is 3.95. The lowest BCUT2D eigenvalue weighted by molar-refractivity contribution is -0.133. The molecule has 32 heavy (non-hydrogen) atoms. The highest BCUT2D eigenvalue weighted by Crippen LogP contribution is 2.38. The highest BCUT2D eigenvalue weighted by atomic mass is 19.3. The number of piperidine rings is 1. The molecule has 9 heteroatoms. The minimum absolute atomic E-state index is 0.202. The molecule has 0 saturated carbocycles. The second-order valence-corrected chi connectivity index (χ2v) is 8.35. The highest BCUT2D eigenvalue weighted by Gasteiger charge is 2.37. The monoisotopic (exact) mass is 443 g/mol. The molecule has 1 atom stereocenters. The molecule has 3 N–H and O–H groups in total. The van der Waals surface area contributed by atoms with Gasteiger partial charge < -0.3 is 20.2 Å². The van der Waals surface area contributed by atoms with E-state index in [0.717, 1.165) is 28.1 Å². The Morgan fingerprint density at radius 3 is 2.78 bits per heavy atom. The minimum atomic E-state index is -2.64. The van der Waals surface area contributed by atoms with Gasteiger partial charge in [0.05, 0.1) is 11.3 Å². The van der Waals surface area contributed by atoms with E-state index in [1.54, 1.807) is 18.4 Å². The number of carboxylic acids is 1. The Hall–Kier alpha value is -3.20. The Morgan fingerprint density at radius 1 is 1.38 bits per heavy atom. The Kier molecular flexibility index (Phi) is 5.77. The second-order valence-electron chi connectivity index (χ2n) is 8.35. The summed E-state index contributed by atoms with van der Waals surface area (Å²) in [7, 11) is 1.85. The highest BCUT2D eigenvalue weighted by molar-refractivity contribution is 5.97. The molecule has 1 fully saturated rings. The number of hydrogen-bond donors (Lipinski definition) is 3. The van der Waals surface area contributed by atoms with Crippen LogP contribution in [0.1, 0.15) is 29.5 Å². The lowest BCUT2D eigenvalue weighted by Crippen LogP contribution is -2.48. The molecule has 0 bridgehead atoms. The fraction of sp³-hybridized carbons (Fsp3) is 0.391. The van der Waals surface area contributed by atoms with Crippen molar-refractivity contribution in [3.8, 4) is 0 Å². The van der Waals surface area contributed by atoms with E-state index in [-0.39, 0.29) is 31.5 Å². The van der Waals surface area contributed by atoms with Crippen molar-refractivity contribution in [1.82, 2.24) is 20.4 Å². The van der Waals surface area contributed by atoms with Gasteiger partial charge in [0.25, 0.3) is 5.92 Å². The third-order valence-corrected chi connectivity index (χ3v) is 6.03. The number of nitrogens with one attached hydrogen (secondary N) is 2. The number of aryl methyl sites for hydroxylation is 1. The zero-order chi connectivity index (χ0) is 23.0. The number of carbonyl (C=O) groups is 1. The second kappa shape index (κ2) is 8.38. The van der Waals surface area contributed by atoms with Crippen molar-refractivity contribution in [3.05, 3.63) is 59.3 Å². The van der Waals surface area contributed by atoms with Crippen LogP contribution in [0.25, 0.3) is 5.70 Å². The minimum Gasteiger partial charge on any atom is -0.478 e. The average molecular weight is 443 g/mol. The molecule has 0 spiro atoms. The number of guanidine groups is 1. The van der Waals surface area contributed by atoms with Crippen LogP contribution in [-0.4, -0.2) is 59.1 Å². The van der Waals surface area contributed by atoms with Crippen molar-refractivity contribution >= 4 is 23.3 Å². The smallest absolute Gasteiger partial charge is 0.335 e. The topological polar surface area (TPSA) is 80.2 Å². The molecule has 0 radical (unpaired) electrons. The number of benzene rings is 1. The van der Waals surface area contributed by atoms with Gasteiger partial charge in [-0.2, -0.15) is 0 Å². The van der Waals surface area contributed by atoms with Gasteiger partial charge in [-0.15, -0.1) is 0 Å². The fourth-order valence-corrected chi connectivity index (χ4v) is 4.20. The van der Waals surface area contributed by atoms with Crippen LogP contribution in [0.2, 0.25) is 0 Å². The third-order valence-electron chi connectivity index (χ3n) is 6.03. The number of rotatable bonds is 4. The Morgan fingerprint density at radius 2 is 2.09 bits per heavy atom. The molecule has 1 aromatic carbocycles. The fourth-order valence-electron chi connectivity index (χ4n) is 4.20. The molecule has 0 aliphatic carbocycles. The molecule has 1 unspecified atom stereocenters. The largest absolute Gasteiger partial charge is 0.478 e. The number of aliphatic imine (C=N–C) groups is 1. The predicted octanol–water partition coefficient (Wildman–Crippen LogP) is 3.17. The van der Waals surface area contributed by atoms with Crippen molar-refractivity contribution < 1.29 is 18.7 Å². The first-order valence-corrected chi connectivity index (χ1v) is 10.5. The SMILES string of the molecule is C=C1c2cc(C)cc(CNC3NC=CC=C3C(=O)O)c2N=C(N2CCC(F)(F)CC2)N1C. The number of fused-ring (bicyclic) bond motifs is 1. The van der Waals surface area contributed by atoms with Crippen LogP contribution in [0.5, 0.6) is 0 Å². The van der Waals surface area contributed by atoms with Crippen molar-refractivity contribution in [3.63, 3.8) is 0 Å². The van der Waals surface area contributed by atoms with Crippen molar-refractivity contribution in [2.75, 3.05) is 20.1 Å². The number of aliphatic carboxylic acids is 1. The summed E-state index contributed by atoms with van der Waals surface area (Å²) < 4.78 is 27.3. The van der Waals surface area contributed by atoms with Crippen molar-refractivity contribution in [2.24, 2.45) is 4.99 Å². The maximum Gasteiger partial charge on any atom is 0.335 e. The molecule has 3 heterocycles. The maximum absolute atomic E-state index is 13.7. The molecule has 1 aromatic rings. The summed E-state index contributed by atoms with van der Waals surface area (Å²) in [5.41, 5.74) is 4.48. The van der Waals surface area contributed by atoms with E-state index in [9.17, 15) is 18.7 Å². The Bertz CT molecular complexity index is 1040. The van der Waals surface area contributed by atoms with Crippen LogP contribution in [0, 0.1) is 6.92 Å². The van der Waals surface area contributed by atoms with Crippen LogP contribution in [0.15, 0.2) is 47.6 Å². The van der Waals surface area contributed by atoms with E-state index >= 15 is 0 Å². The van der Waals surface area contributed by atoms with Gasteiger partial charge in [-0.25, -0.2) is 18.6 Å². The van der Waals surface area contributed by atoms with E-state index in [1.165, 1.54) is 0 Å². The van der Waals surface area contributed by atoms with Crippen LogP contribution in [0.3, 0.4) is 0 Å². The molecule has 7 nitrogen and oxygen atoms in total. The first kappa shape index (κ1) is 22.0. The van der Waals surface area contributed by atoms with Gasteiger partial charge in [-0.05, 0) is 42.5 Å². The predicted molar refractivity (Wildman–Crippen MR) is 119 cm³/mol. The number of halogens is 2. The van der Waals surface area contributed by atoms with Gasteiger partial charge in [0, 0.05) is 50.8 Å². The zero-order valence-corrected chi connectivity index (χ0v) is 18.2. The number of alkyl halides is 2. The molecule has 170 valence electrons. The standard InChI is InChI=1S/C23H27F2N5O2/c1-14-11-16(13-27-20-17(21(31)32)5-4-8-26-20)19-18(12-14)15(2)29(3)22(28-19)30-9-6-23(24,25)7-10-30/h4-5,8,11-12,20,26-27H,2,6-7,9-10,13H2,1,3H3,(H,31,32). The van der Waals surface area contributed by atoms with Gasteiger partial charge in [-0.1, -0.05) is 12.6 Å². The lowest BCUT2D eigenvalue weighted by Gasteiger charge is -2.40. The quantitative estimate of drug-likeness (QED) is 0.664. The molecule has 0 aromatic heterocycles. The summed E-state index contributed by atoms with van der Waals surface area (Å²) in [6, 6.07) is 4.01. The lowest BCUT2D eigenvalue weighted by atomic mass is 9.99. The number of carboxylic acid groups (broad SMARTS) is 1. The van der Waals surface area contributed by atoms with E-state index in [2.05, 4.69) is 17.2 Å². The molecule has 1 saturated heterocycles. The van der Waals surface area contributed by atoms with Crippen molar-refractivity contribution in [2.45, 2.75) is 38.4 Å². The van der Waals surface area contributed by atoms with Gasteiger partial charge in [0.15, 0.2) is 0 Å². The summed E-state index contributed by atoms with van der Waals surface area (Å²) in [4.78, 5) is 20.1. The molecular weight excluding hydrogens is 416 g/mol. The number of allylic oxidation sites excluding steroid dienone is 2. The van der Waals surface area contributed by atoms with Gasteiger partial charge in [0.1, 0.15) is 6.17 Å². The normalized spacial score (nSPS) is 22.1. The van der Waals surface area contributed by atoms with Crippen LogP contribution in [0.4, 0.5) is 14.5 Å². The van der Waals surface area contributed by atoms with Gasteiger partial charge >= 0.3 is 5.97 Å². The maximum atomic E-state index is 13.7. The summed E-state index contributed by atoms with van der Waals surface area (Å²) in [6.45, 7) is 7.02. The summed E-state index contributed by atoms with van der Waals surface area (Å²) in [5.74, 6) is -3.03. The van der Waals surface area contributed by atoms with Crippen LogP contribution < -0.4 is 10.6 Å².